The number of primary sulfonamides is 1. The van der Waals surface area contributed by atoms with Crippen LogP contribution in [0.5, 0.6) is 0 Å². The van der Waals surface area contributed by atoms with Crippen molar-refractivity contribution in [2.24, 2.45) is 10.1 Å². The Kier molecular flexibility index (Phi) is 6.81. The third-order valence-corrected chi connectivity index (χ3v) is 4.69. The van der Waals surface area contributed by atoms with Gasteiger partial charge in [-0.15, -0.1) is 0 Å². The van der Waals surface area contributed by atoms with Crippen molar-refractivity contribution in [1.82, 2.24) is 10.6 Å². The first-order valence-electron chi connectivity index (χ1n) is 7.69. The van der Waals surface area contributed by atoms with Gasteiger partial charge in [0.05, 0.1) is 4.90 Å². The van der Waals surface area contributed by atoms with Gasteiger partial charge in [0.2, 0.25) is 10.0 Å². The van der Waals surface area contributed by atoms with E-state index in [-0.39, 0.29) is 4.90 Å². The lowest BCUT2D eigenvalue weighted by Gasteiger charge is -2.12. The summed E-state index contributed by atoms with van der Waals surface area (Å²) >= 11 is 5.87. The van der Waals surface area contributed by atoms with E-state index in [2.05, 4.69) is 15.6 Å². The largest absolute Gasteiger partial charge is 0.356 e. The van der Waals surface area contributed by atoms with Crippen LogP contribution in [0, 0.1) is 0 Å². The minimum Gasteiger partial charge on any atom is -0.356 e. The number of aliphatic imine (C=N–C) groups is 1. The van der Waals surface area contributed by atoms with E-state index in [4.69, 9.17) is 16.7 Å². The molecule has 0 saturated carbocycles. The molecule has 2 aromatic rings. The Hall–Kier alpha value is -2.09. The number of guanidine groups is 1. The van der Waals surface area contributed by atoms with E-state index in [1.165, 1.54) is 11.6 Å². The van der Waals surface area contributed by atoms with E-state index in [1.54, 1.807) is 19.2 Å². The predicted octanol–water partition coefficient (Wildman–Crippen LogP) is 1.90. The summed E-state index contributed by atoms with van der Waals surface area (Å²) in [6.45, 7) is 1.14. The minimum absolute atomic E-state index is 0.0949. The lowest BCUT2D eigenvalue weighted by atomic mass is 10.1. The first kappa shape index (κ1) is 19.2. The maximum Gasteiger partial charge on any atom is 0.238 e. The molecule has 0 aliphatic heterocycles. The zero-order valence-electron chi connectivity index (χ0n) is 13.9. The Balaban J connectivity index is 1.85. The van der Waals surface area contributed by atoms with E-state index in [0.29, 0.717) is 19.0 Å². The second kappa shape index (κ2) is 8.84. The van der Waals surface area contributed by atoms with Crippen LogP contribution < -0.4 is 15.8 Å². The highest BCUT2D eigenvalue weighted by molar-refractivity contribution is 7.89. The molecular formula is C17H21ClN4O2S. The van der Waals surface area contributed by atoms with Gasteiger partial charge >= 0.3 is 0 Å². The van der Waals surface area contributed by atoms with Crippen LogP contribution >= 0.6 is 11.6 Å². The number of nitrogens with one attached hydrogen (secondary N) is 2. The predicted molar refractivity (Wildman–Crippen MR) is 101 cm³/mol. The van der Waals surface area contributed by atoms with Gasteiger partial charge in [-0.3, -0.25) is 4.99 Å². The average Bonchev–Trinajstić information content (AvgIpc) is 2.59. The lowest BCUT2D eigenvalue weighted by molar-refractivity contribution is 0.597. The van der Waals surface area contributed by atoms with E-state index < -0.39 is 10.0 Å². The molecule has 0 aromatic heterocycles. The Bertz CT molecular complexity index is 836. The third-order valence-electron chi connectivity index (χ3n) is 3.53. The number of hydrogen-bond donors (Lipinski definition) is 3. The molecule has 0 fully saturated rings. The van der Waals surface area contributed by atoms with E-state index >= 15 is 0 Å². The number of nitrogens with zero attached hydrogens (tertiary/aromatic N) is 1. The molecule has 0 atom stereocenters. The van der Waals surface area contributed by atoms with Crippen molar-refractivity contribution in [3.63, 3.8) is 0 Å². The van der Waals surface area contributed by atoms with Crippen LogP contribution in [0.1, 0.15) is 11.1 Å². The highest BCUT2D eigenvalue weighted by Crippen LogP contribution is 2.10. The number of sulfonamides is 1. The molecule has 0 saturated heterocycles. The summed E-state index contributed by atoms with van der Waals surface area (Å²) in [7, 11) is -2.02. The molecule has 0 unspecified atom stereocenters. The summed E-state index contributed by atoms with van der Waals surface area (Å²) in [5, 5.41) is 12.2. The molecule has 6 nitrogen and oxygen atoms in total. The van der Waals surface area contributed by atoms with E-state index in [0.717, 1.165) is 17.0 Å². The zero-order valence-corrected chi connectivity index (χ0v) is 15.4. The van der Waals surface area contributed by atoms with Crippen molar-refractivity contribution in [1.29, 1.82) is 0 Å². The van der Waals surface area contributed by atoms with Crippen LogP contribution in [0.2, 0.25) is 5.02 Å². The van der Waals surface area contributed by atoms with E-state index in [9.17, 15) is 8.42 Å². The van der Waals surface area contributed by atoms with Crippen molar-refractivity contribution in [2.45, 2.75) is 17.9 Å². The van der Waals surface area contributed by atoms with Gasteiger partial charge in [-0.05, 0) is 41.8 Å². The van der Waals surface area contributed by atoms with Crippen LogP contribution in [0.3, 0.4) is 0 Å². The van der Waals surface area contributed by atoms with Crippen LogP contribution in [-0.2, 0) is 23.0 Å². The van der Waals surface area contributed by atoms with Gasteiger partial charge < -0.3 is 10.6 Å². The summed E-state index contributed by atoms with van der Waals surface area (Å²) in [6, 6.07) is 14.2. The van der Waals surface area contributed by atoms with Gasteiger partial charge in [0, 0.05) is 25.2 Å². The van der Waals surface area contributed by atoms with Crippen molar-refractivity contribution in [3.05, 3.63) is 64.7 Å². The average molecular weight is 381 g/mol. The molecule has 25 heavy (non-hydrogen) atoms. The van der Waals surface area contributed by atoms with Gasteiger partial charge in [0.15, 0.2) is 5.96 Å². The fraction of sp³-hybridized carbons (Fsp3) is 0.235. The topological polar surface area (TPSA) is 96.6 Å². The minimum atomic E-state index is -3.70. The number of halogens is 1. The fourth-order valence-electron chi connectivity index (χ4n) is 2.22. The normalized spacial score (nSPS) is 12.0. The summed E-state index contributed by atoms with van der Waals surface area (Å²) in [5.41, 5.74) is 1.97. The molecular weight excluding hydrogens is 360 g/mol. The molecule has 0 heterocycles. The fourth-order valence-corrected chi connectivity index (χ4v) is 2.93. The maximum atomic E-state index is 11.4. The van der Waals surface area contributed by atoms with Crippen molar-refractivity contribution in [2.75, 3.05) is 13.6 Å². The molecule has 2 rings (SSSR count). The highest BCUT2D eigenvalue weighted by atomic mass is 35.5. The zero-order chi connectivity index (χ0) is 18.3. The highest BCUT2D eigenvalue weighted by Gasteiger charge is 2.08. The number of benzene rings is 2. The van der Waals surface area contributed by atoms with Crippen LogP contribution in [0.25, 0.3) is 0 Å². The molecule has 8 heteroatoms. The van der Waals surface area contributed by atoms with Crippen LogP contribution in [-0.4, -0.2) is 28.0 Å². The third kappa shape index (κ3) is 6.38. The van der Waals surface area contributed by atoms with Crippen molar-refractivity contribution in [3.8, 4) is 0 Å². The van der Waals surface area contributed by atoms with Gasteiger partial charge in [0.1, 0.15) is 0 Å². The molecule has 134 valence electrons. The molecule has 0 spiro atoms. The number of hydrogen-bond acceptors (Lipinski definition) is 3. The molecule has 0 aliphatic carbocycles. The van der Waals surface area contributed by atoms with Crippen LogP contribution in [0.4, 0.5) is 0 Å². The van der Waals surface area contributed by atoms with Crippen molar-refractivity contribution < 1.29 is 8.42 Å². The Morgan fingerprint density at radius 3 is 2.48 bits per heavy atom. The quantitative estimate of drug-likeness (QED) is 0.526. The number of nitrogens with two attached hydrogens (primary N) is 1. The standard InChI is InChI=1S/C17H21ClN4O2S/c1-20-17(21-10-9-13-5-7-15(18)8-6-13)22-12-14-3-2-4-16(11-14)25(19,23)24/h2-8,11H,9-10,12H2,1H3,(H2,19,23,24)(H2,20,21,22). The maximum absolute atomic E-state index is 11.4. The van der Waals surface area contributed by atoms with Crippen molar-refractivity contribution >= 4 is 27.6 Å². The summed E-state index contributed by atoms with van der Waals surface area (Å²) in [6.07, 6.45) is 0.832. The summed E-state index contributed by atoms with van der Waals surface area (Å²) in [5.74, 6) is 0.634. The van der Waals surface area contributed by atoms with Gasteiger partial charge in [-0.25, -0.2) is 13.6 Å². The molecule has 0 aliphatic rings. The SMILES string of the molecule is CN=C(NCCc1ccc(Cl)cc1)NCc1cccc(S(N)(=O)=O)c1. The molecule has 2 aromatic carbocycles. The van der Waals surface area contributed by atoms with E-state index in [1.807, 2.05) is 30.3 Å². The summed E-state index contributed by atoms with van der Waals surface area (Å²) < 4.78 is 22.8. The number of rotatable bonds is 6. The Morgan fingerprint density at radius 1 is 1.12 bits per heavy atom. The monoisotopic (exact) mass is 380 g/mol. The Labute approximate surface area is 153 Å². The molecule has 0 radical (unpaired) electrons. The molecule has 4 N–H and O–H groups in total. The molecule has 0 bridgehead atoms. The first-order chi connectivity index (χ1) is 11.9. The lowest BCUT2D eigenvalue weighted by Crippen LogP contribution is -2.37. The van der Waals surface area contributed by atoms with Gasteiger partial charge in [-0.1, -0.05) is 35.9 Å². The first-order valence-corrected chi connectivity index (χ1v) is 9.61. The smallest absolute Gasteiger partial charge is 0.238 e. The summed E-state index contributed by atoms with van der Waals surface area (Å²) in [4.78, 5) is 4.24. The van der Waals surface area contributed by atoms with Crippen LogP contribution in [0.15, 0.2) is 58.4 Å². The van der Waals surface area contributed by atoms with Gasteiger partial charge in [0.25, 0.3) is 0 Å². The second-order valence-electron chi connectivity index (χ2n) is 5.42. The molecule has 0 amide bonds. The van der Waals surface area contributed by atoms with Gasteiger partial charge in [-0.2, -0.15) is 0 Å². The second-order valence-corrected chi connectivity index (χ2v) is 7.42. The Morgan fingerprint density at radius 2 is 1.84 bits per heavy atom.